The number of non-ortho nitro benzene ring substituents is 1. The lowest BCUT2D eigenvalue weighted by Crippen LogP contribution is -2.31. The van der Waals surface area contributed by atoms with Crippen molar-refractivity contribution in [2.24, 2.45) is 5.92 Å². The number of nitro groups is 1. The summed E-state index contributed by atoms with van der Waals surface area (Å²) in [5, 5.41) is 10.9. The molecular formula is C20H23NO6. The quantitative estimate of drug-likeness (QED) is 0.481. The van der Waals surface area contributed by atoms with Gasteiger partial charge in [0.1, 0.15) is 5.75 Å². The van der Waals surface area contributed by atoms with Crippen molar-refractivity contribution in [3.05, 3.63) is 58.1 Å². The molecule has 27 heavy (non-hydrogen) atoms. The Bertz CT molecular complexity index is 820. The Balaban J connectivity index is 2.18. The van der Waals surface area contributed by atoms with Crippen LogP contribution >= 0.6 is 0 Å². The van der Waals surface area contributed by atoms with E-state index in [0.717, 1.165) is 0 Å². The van der Waals surface area contributed by atoms with Crippen LogP contribution < -0.4 is 9.47 Å². The highest BCUT2D eigenvalue weighted by atomic mass is 16.6. The van der Waals surface area contributed by atoms with Gasteiger partial charge in [-0.25, -0.2) is 0 Å². The number of ether oxygens (including phenoxy) is 3. The molecule has 2 rings (SSSR count). The average Bonchev–Trinajstić information content (AvgIpc) is 2.64. The van der Waals surface area contributed by atoms with Crippen molar-refractivity contribution in [1.82, 2.24) is 0 Å². The molecule has 0 spiro atoms. The van der Waals surface area contributed by atoms with Crippen LogP contribution in [-0.2, 0) is 9.53 Å². The van der Waals surface area contributed by atoms with Crippen LogP contribution in [0.2, 0.25) is 0 Å². The van der Waals surface area contributed by atoms with Crippen molar-refractivity contribution in [3.8, 4) is 17.2 Å². The predicted molar refractivity (Wildman–Crippen MR) is 100 cm³/mol. The van der Waals surface area contributed by atoms with Crippen molar-refractivity contribution in [3.63, 3.8) is 0 Å². The van der Waals surface area contributed by atoms with E-state index in [4.69, 9.17) is 14.2 Å². The lowest BCUT2D eigenvalue weighted by molar-refractivity contribution is -0.384. The van der Waals surface area contributed by atoms with E-state index in [0.29, 0.717) is 29.4 Å². The van der Waals surface area contributed by atoms with Gasteiger partial charge in [0.2, 0.25) is 0 Å². The van der Waals surface area contributed by atoms with Gasteiger partial charge in [-0.1, -0.05) is 19.1 Å². The van der Waals surface area contributed by atoms with Gasteiger partial charge in [0, 0.05) is 25.2 Å². The summed E-state index contributed by atoms with van der Waals surface area (Å²) in [6.07, 6.45) is -0.669. The molecule has 0 saturated carbocycles. The molecule has 2 unspecified atom stereocenters. The van der Waals surface area contributed by atoms with Gasteiger partial charge in [0.25, 0.3) is 5.69 Å². The van der Waals surface area contributed by atoms with E-state index in [1.165, 1.54) is 12.1 Å². The van der Waals surface area contributed by atoms with Crippen molar-refractivity contribution >= 4 is 11.5 Å². The zero-order valence-electron chi connectivity index (χ0n) is 15.8. The van der Waals surface area contributed by atoms with Crippen LogP contribution in [0.4, 0.5) is 5.69 Å². The second-order valence-electron chi connectivity index (χ2n) is 6.27. The number of carbonyl (C=O) groups excluding carboxylic acids is 1. The Morgan fingerprint density at radius 3 is 2.37 bits per heavy atom. The molecule has 7 nitrogen and oxygen atoms in total. The van der Waals surface area contributed by atoms with Gasteiger partial charge in [0.05, 0.1) is 11.5 Å². The third-order valence-corrected chi connectivity index (χ3v) is 4.05. The monoisotopic (exact) mass is 373 g/mol. The van der Waals surface area contributed by atoms with E-state index in [1.807, 2.05) is 0 Å². The molecule has 0 amide bonds. The fourth-order valence-corrected chi connectivity index (χ4v) is 2.59. The molecule has 0 heterocycles. The zero-order valence-corrected chi connectivity index (χ0v) is 15.8. The topological polar surface area (TPSA) is 87.9 Å². The minimum Gasteiger partial charge on any atom is -0.479 e. The summed E-state index contributed by atoms with van der Waals surface area (Å²) >= 11 is 0. The summed E-state index contributed by atoms with van der Waals surface area (Å²) in [6, 6.07) is 11.3. The molecule has 0 saturated heterocycles. The molecule has 0 bridgehead atoms. The number of ketones is 1. The van der Waals surface area contributed by atoms with Gasteiger partial charge >= 0.3 is 0 Å². The lowest BCUT2D eigenvalue weighted by atomic mass is 10.0. The van der Waals surface area contributed by atoms with Crippen LogP contribution in [0.1, 0.15) is 19.4 Å². The van der Waals surface area contributed by atoms with Crippen LogP contribution in [0.3, 0.4) is 0 Å². The highest BCUT2D eigenvalue weighted by Gasteiger charge is 2.23. The normalized spacial score (nSPS) is 12.9. The predicted octanol–water partition coefficient (Wildman–Crippen LogP) is 4.31. The van der Waals surface area contributed by atoms with Crippen LogP contribution in [-0.4, -0.2) is 30.5 Å². The third kappa shape index (κ3) is 5.27. The first-order chi connectivity index (χ1) is 12.8. The highest BCUT2D eigenvalue weighted by Crippen LogP contribution is 2.34. The maximum atomic E-state index is 12.4. The Hall–Kier alpha value is -2.93. The van der Waals surface area contributed by atoms with Gasteiger partial charge in [-0.2, -0.15) is 0 Å². The number of rotatable bonds is 9. The molecule has 2 aromatic rings. The zero-order chi connectivity index (χ0) is 20.0. The van der Waals surface area contributed by atoms with Crippen LogP contribution in [0.5, 0.6) is 17.2 Å². The minimum absolute atomic E-state index is 0.00395. The Kier molecular flexibility index (Phi) is 6.90. The Morgan fingerprint density at radius 1 is 1.11 bits per heavy atom. The second-order valence-corrected chi connectivity index (χ2v) is 6.27. The van der Waals surface area contributed by atoms with Crippen LogP contribution in [0.15, 0.2) is 42.5 Å². The number of carbonyl (C=O) groups is 1. The molecule has 0 fully saturated rings. The average molecular weight is 373 g/mol. The van der Waals surface area contributed by atoms with Gasteiger partial charge in [-0.3, -0.25) is 14.9 Å². The first-order valence-corrected chi connectivity index (χ1v) is 8.54. The molecule has 7 heteroatoms. The molecule has 0 radical (unpaired) electrons. The number of aryl methyl sites for hydroxylation is 1. The van der Waals surface area contributed by atoms with E-state index < -0.39 is 11.0 Å². The summed E-state index contributed by atoms with van der Waals surface area (Å²) in [5.41, 5.74) is 0.618. The summed E-state index contributed by atoms with van der Waals surface area (Å²) in [7, 11) is 1.55. The smallest absolute Gasteiger partial charge is 0.269 e. The van der Waals surface area contributed by atoms with E-state index >= 15 is 0 Å². The fraction of sp³-hybridized carbons (Fsp3) is 0.350. The van der Waals surface area contributed by atoms with E-state index in [1.54, 1.807) is 58.2 Å². The molecule has 144 valence electrons. The summed E-state index contributed by atoms with van der Waals surface area (Å²) in [5.74, 6) is 0.964. The van der Waals surface area contributed by atoms with Crippen molar-refractivity contribution < 1.29 is 23.9 Å². The number of benzene rings is 2. The van der Waals surface area contributed by atoms with Gasteiger partial charge < -0.3 is 14.2 Å². The molecule has 0 aliphatic heterocycles. The molecule has 2 aromatic carbocycles. The number of nitrogens with zero attached hydrogens (tertiary/aromatic N) is 1. The number of Topliss-reactive ketones (excluding diaryl/α,β-unsaturated/α-hetero) is 1. The number of nitro benzene ring substituents is 1. The number of hydrogen-bond acceptors (Lipinski definition) is 6. The van der Waals surface area contributed by atoms with Crippen molar-refractivity contribution in [1.29, 1.82) is 0 Å². The molecule has 0 aliphatic rings. The third-order valence-electron chi connectivity index (χ3n) is 4.05. The van der Waals surface area contributed by atoms with E-state index in [-0.39, 0.29) is 17.4 Å². The maximum absolute atomic E-state index is 12.4. The molecule has 2 atom stereocenters. The Labute approximate surface area is 158 Å². The van der Waals surface area contributed by atoms with Gasteiger partial charge in [-0.05, 0) is 37.6 Å². The highest BCUT2D eigenvalue weighted by molar-refractivity contribution is 5.85. The van der Waals surface area contributed by atoms with Crippen LogP contribution in [0.25, 0.3) is 0 Å². The fourth-order valence-electron chi connectivity index (χ4n) is 2.59. The van der Waals surface area contributed by atoms with E-state index in [9.17, 15) is 14.9 Å². The largest absolute Gasteiger partial charge is 0.479 e. The minimum atomic E-state index is -0.669. The molecule has 0 aromatic heterocycles. The first kappa shape index (κ1) is 20.4. The summed E-state index contributed by atoms with van der Waals surface area (Å²) in [4.78, 5) is 22.8. The summed E-state index contributed by atoms with van der Waals surface area (Å²) < 4.78 is 16.7. The molecule has 0 aliphatic carbocycles. The van der Waals surface area contributed by atoms with Gasteiger partial charge in [0.15, 0.2) is 23.4 Å². The first-order valence-electron chi connectivity index (χ1n) is 8.54. The molecular weight excluding hydrogens is 350 g/mol. The number of hydrogen-bond donors (Lipinski definition) is 0. The lowest BCUT2D eigenvalue weighted by Gasteiger charge is -2.19. The van der Waals surface area contributed by atoms with Crippen molar-refractivity contribution in [2.45, 2.75) is 26.9 Å². The number of methoxy groups -OCH3 is 1. The van der Waals surface area contributed by atoms with Crippen molar-refractivity contribution in [2.75, 3.05) is 13.7 Å². The van der Waals surface area contributed by atoms with Gasteiger partial charge in [-0.15, -0.1) is 0 Å². The summed E-state index contributed by atoms with van der Waals surface area (Å²) in [6.45, 7) is 5.52. The van der Waals surface area contributed by atoms with Crippen LogP contribution in [0, 0.1) is 23.0 Å². The second kappa shape index (κ2) is 9.14. The SMILES string of the molecule is COCC(C)C(=O)C(C)Oc1ccccc1Oc1ccc([N+](=O)[O-])cc1C. The maximum Gasteiger partial charge on any atom is 0.269 e. The number of para-hydroxylation sites is 2. The Morgan fingerprint density at radius 2 is 1.78 bits per heavy atom. The molecule has 0 N–H and O–H groups in total. The van der Waals surface area contributed by atoms with E-state index in [2.05, 4.69) is 0 Å². The standard InChI is InChI=1S/C20H23NO6/c1-13-11-16(21(23)24)9-10-17(13)27-19-8-6-5-7-18(19)26-15(3)20(22)14(2)12-25-4/h5-11,14-15H,12H2,1-4H3.